The number of hydrogen-bond donors (Lipinski definition) is 3. The largest absolute Gasteiger partial charge is 0.381 e. The third-order valence-electron chi connectivity index (χ3n) is 3.20. The summed E-state index contributed by atoms with van der Waals surface area (Å²) < 4.78 is 5.31. The minimum atomic E-state index is -0.472. The zero-order valence-electron chi connectivity index (χ0n) is 10.7. The van der Waals surface area contributed by atoms with Gasteiger partial charge in [0.05, 0.1) is 17.1 Å². The number of nitrogens with one attached hydrogen (secondary N) is 2. The first-order valence-electron chi connectivity index (χ1n) is 6.01. The summed E-state index contributed by atoms with van der Waals surface area (Å²) in [6.45, 7) is 3.38. The van der Waals surface area contributed by atoms with Crippen LogP contribution >= 0.6 is 0 Å². The van der Waals surface area contributed by atoms with E-state index < -0.39 is 4.92 Å². The standard InChI is InChI=1S/C11H17N5O3/c1-11(2-4-19-5-3-11)14-9-6-8(16(17)18)7-10(13-9)15-12/h6-7H,2-5,12H2,1H3,(H2,13,14,15). The van der Waals surface area contributed by atoms with Gasteiger partial charge in [0.15, 0.2) is 0 Å². The molecule has 1 aromatic rings. The van der Waals surface area contributed by atoms with Crippen LogP contribution in [0, 0.1) is 10.1 Å². The van der Waals surface area contributed by atoms with Crippen molar-refractivity contribution in [1.82, 2.24) is 4.98 Å². The second kappa shape index (κ2) is 5.37. The summed E-state index contributed by atoms with van der Waals surface area (Å²) in [5, 5.41) is 14.1. The number of pyridine rings is 1. The monoisotopic (exact) mass is 267 g/mol. The lowest BCUT2D eigenvalue weighted by molar-refractivity contribution is -0.384. The van der Waals surface area contributed by atoms with E-state index in [1.807, 2.05) is 6.92 Å². The summed E-state index contributed by atoms with van der Waals surface area (Å²) in [7, 11) is 0. The molecule has 0 amide bonds. The van der Waals surface area contributed by atoms with E-state index >= 15 is 0 Å². The topological polar surface area (TPSA) is 115 Å². The fraction of sp³-hybridized carbons (Fsp3) is 0.545. The van der Waals surface area contributed by atoms with Crippen LogP contribution in [0.5, 0.6) is 0 Å². The van der Waals surface area contributed by atoms with Crippen molar-refractivity contribution in [2.75, 3.05) is 24.0 Å². The normalized spacial score (nSPS) is 17.8. The number of nitrogen functional groups attached to an aromatic ring is 1. The Hall–Kier alpha value is -1.93. The highest BCUT2D eigenvalue weighted by atomic mass is 16.6. The van der Waals surface area contributed by atoms with Gasteiger partial charge in [-0.2, -0.15) is 0 Å². The maximum Gasteiger partial charge on any atom is 0.276 e. The minimum absolute atomic E-state index is 0.0545. The molecule has 1 saturated heterocycles. The maximum atomic E-state index is 10.9. The van der Waals surface area contributed by atoms with Gasteiger partial charge in [0.1, 0.15) is 11.6 Å². The van der Waals surface area contributed by atoms with Gasteiger partial charge in [-0.25, -0.2) is 10.8 Å². The van der Waals surface area contributed by atoms with Crippen LogP contribution < -0.4 is 16.6 Å². The number of hydrazine groups is 1. The first-order chi connectivity index (χ1) is 9.02. The van der Waals surface area contributed by atoms with Crippen molar-refractivity contribution in [3.05, 3.63) is 22.2 Å². The van der Waals surface area contributed by atoms with Crippen LogP contribution in [-0.2, 0) is 4.74 Å². The van der Waals surface area contributed by atoms with E-state index in [1.165, 1.54) is 12.1 Å². The van der Waals surface area contributed by atoms with Gasteiger partial charge in [-0.15, -0.1) is 0 Å². The van der Waals surface area contributed by atoms with Crippen LogP contribution in [0.4, 0.5) is 17.3 Å². The Morgan fingerprint density at radius 1 is 1.42 bits per heavy atom. The molecule has 104 valence electrons. The highest BCUT2D eigenvalue weighted by Crippen LogP contribution is 2.27. The van der Waals surface area contributed by atoms with Gasteiger partial charge in [-0.1, -0.05) is 0 Å². The highest BCUT2D eigenvalue weighted by Gasteiger charge is 2.28. The van der Waals surface area contributed by atoms with Crippen molar-refractivity contribution < 1.29 is 9.66 Å². The molecule has 1 aromatic heterocycles. The zero-order valence-corrected chi connectivity index (χ0v) is 10.7. The van der Waals surface area contributed by atoms with Crippen molar-refractivity contribution in [2.24, 2.45) is 5.84 Å². The summed E-state index contributed by atoms with van der Waals surface area (Å²) in [5.74, 6) is 5.96. The lowest BCUT2D eigenvalue weighted by atomic mass is 9.92. The molecular formula is C11H17N5O3. The predicted octanol–water partition coefficient (Wildman–Crippen LogP) is 1.26. The van der Waals surface area contributed by atoms with Crippen LogP contribution in [0.3, 0.4) is 0 Å². The number of nitrogens with zero attached hydrogens (tertiary/aromatic N) is 2. The van der Waals surface area contributed by atoms with Gasteiger partial charge >= 0.3 is 0 Å². The van der Waals surface area contributed by atoms with Crippen molar-refractivity contribution in [2.45, 2.75) is 25.3 Å². The quantitative estimate of drug-likeness (QED) is 0.427. The number of anilines is 2. The lowest BCUT2D eigenvalue weighted by Gasteiger charge is -2.34. The Kier molecular flexibility index (Phi) is 3.82. The number of nitrogens with two attached hydrogens (primary N) is 1. The molecule has 1 aliphatic heterocycles. The summed E-state index contributed by atoms with van der Waals surface area (Å²) in [6.07, 6.45) is 1.64. The van der Waals surface area contributed by atoms with Crippen LogP contribution in [0.1, 0.15) is 19.8 Å². The molecule has 0 aliphatic carbocycles. The lowest BCUT2D eigenvalue weighted by Crippen LogP contribution is -2.40. The summed E-state index contributed by atoms with van der Waals surface area (Å²) in [6, 6.07) is 2.69. The highest BCUT2D eigenvalue weighted by molar-refractivity contribution is 5.55. The smallest absolute Gasteiger partial charge is 0.276 e. The zero-order chi connectivity index (χ0) is 13.9. The van der Waals surface area contributed by atoms with Crippen molar-refractivity contribution in [3.63, 3.8) is 0 Å². The van der Waals surface area contributed by atoms with E-state index in [0.717, 1.165) is 12.8 Å². The number of hydrogen-bond acceptors (Lipinski definition) is 7. The molecule has 0 bridgehead atoms. The molecule has 19 heavy (non-hydrogen) atoms. The van der Waals surface area contributed by atoms with Gasteiger partial charge in [0.25, 0.3) is 5.69 Å². The fourth-order valence-corrected chi connectivity index (χ4v) is 2.02. The second-order valence-corrected chi connectivity index (χ2v) is 4.80. The van der Waals surface area contributed by atoms with E-state index in [9.17, 15) is 10.1 Å². The Bertz CT molecular complexity index is 473. The summed E-state index contributed by atoms with van der Waals surface area (Å²) in [4.78, 5) is 14.6. The number of ether oxygens (including phenoxy) is 1. The van der Waals surface area contributed by atoms with Gasteiger partial charge in [-0.3, -0.25) is 10.1 Å². The fourth-order valence-electron chi connectivity index (χ4n) is 2.02. The molecule has 0 atom stereocenters. The van der Waals surface area contributed by atoms with Gasteiger partial charge in [0.2, 0.25) is 0 Å². The average Bonchev–Trinajstić information content (AvgIpc) is 2.38. The summed E-state index contributed by atoms with van der Waals surface area (Å²) >= 11 is 0. The van der Waals surface area contributed by atoms with Crippen LogP contribution in [0.15, 0.2) is 12.1 Å². The van der Waals surface area contributed by atoms with Crippen LogP contribution in [0.25, 0.3) is 0 Å². The third kappa shape index (κ3) is 3.30. The molecular weight excluding hydrogens is 250 g/mol. The number of nitro groups is 1. The molecule has 4 N–H and O–H groups in total. The van der Waals surface area contributed by atoms with Crippen molar-refractivity contribution >= 4 is 17.3 Å². The van der Waals surface area contributed by atoms with Crippen LogP contribution in [-0.4, -0.2) is 28.7 Å². The molecule has 0 saturated carbocycles. The van der Waals surface area contributed by atoms with Gasteiger partial charge in [-0.05, 0) is 19.8 Å². The molecule has 0 aromatic carbocycles. The summed E-state index contributed by atoms with van der Waals surface area (Å²) in [5.41, 5.74) is 2.10. The SMILES string of the molecule is CC1(Nc2cc([N+](=O)[O-])cc(NN)n2)CCOCC1. The molecule has 1 aliphatic rings. The molecule has 0 radical (unpaired) electrons. The van der Waals surface area contributed by atoms with E-state index in [4.69, 9.17) is 10.6 Å². The number of rotatable bonds is 4. The van der Waals surface area contributed by atoms with E-state index in [-0.39, 0.29) is 17.0 Å². The Morgan fingerprint density at radius 2 is 2.05 bits per heavy atom. The predicted molar refractivity (Wildman–Crippen MR) is 70.8 cm³/mol. The average molecular weight is 267 g/mol. The molecule has 1 fully saturated rings. The Balaban J connectivity index is 2.23. The molecule has 2 rings (SSSR count). The van der Waals surface area contributed by atoms with Gasteiger partial charge in [0, 0.05) is 18.8 Å². The van der Waals surface area contributed by atoms with E-state index in [1.54, 1.807) is 0 Å². The third-order valence-corrected chi connectivity index (χ3v) is 3.20. The molecule has 8 nitrogen and oxygen atoms in total. The van der Waals surface area contributed by atoms with Gasteiger partial charge < -0.3 is 15.5 Å². The molecule has 0 unspecified atom stereocenters. The van der Waals surface area contributed by atoms with E-state index in [2.05, 4.69) is 15.7 Å². The van der Waals surface area contributed by atoms with E-state index in [0.29, 0.717) is 19.0 Å². The Morgan fingerprint density at radius 3 is 2.63 bits per heavy atom. The maximum absolute atomic E-state index is 10.9. The first kappa shape index (κ1) is 13.5. The van der Waals surface area contributed by atoms with Crippen molar-refractivity contribution in [1.29, 1.82) is 0 Å². The second-order valence-electron chi connectivity index (χ2n) is 4.80. The molecule has 2 heterocycles. The number of aromatic nitrogens is 1. The molecule has 0 spiro atoms. The first-order valence-corrected chi connectivity index (χ1v) is 6.01. The minimum Gasteiger partial charge on any atom is -0.381 e. The molecule has 8 heteroatoms. The van der Waals surface area contributed by atoms with Crippen molar-refractivity contribution in [3.8, 4) is 0 Å². The van der Waals surface area contributed by atoms with Crippen LogP contribution in [0.2, 0.25) is 0 Å². The Labute approximate surface area is 110 Å².